The van der Waals surface area contributed by atoms with Crippen LogP contribution >= 0.6 is 0 Å². The van der Waals surface area contributed by atoms with Gasteiger partial charge in [-0.25, -0.2) is 4.79 Å². The highest BCUT2D eigenvalue weighted by atomic mass is 16.3. The molecule has 7 nitrogen and oxygen atoms in total. The lowest BCUT2D eigenvalue weighted by Crippen LogP contribution is -2.45. The molecule has 3 fully saturated rings. The molecule has 4 rings (SSSR count). The fourth-order valence-corrected chi connectivity index (χ4v) is 4.31. The van der Waals surface area contributed by atoms with Gasteiger partial charge in [-0.3, -0.25) is 14.5 Å². The highest BCUT2D eigenvalue weighted by Crippen LogP contribution is 2.46. The normalized spacial score (nSPS) is 25.7. The number of fused-ring (bicyclic) bond motifs is 1. The van der Waals surface area contributed by atoms with Gasteiger partial charge < -0.3 is 14.2 Å². The van der Waals surface area contributed by atoms with Gasteiger partial charge in [0.25, 0.3) is 11.8 Å². The summed E-state index contributed by atoms with van der Waals surface area (Å²) >= 11 is 0. The number of piperidine rings is 1. The Kier molecular flexibility index (Phi) is 3.40. The second-order valence-electron chi connectivity index (χ2n) is 7.02. The van der Waals surface area contributed by atoms with E-state index in [1.807, 2.05) is 11.8 Å². The summed E-state index contributed by atoms with van der Waals surface area (Å²) in [6, 6.07) is 1.23. The van der Waals surface area contributed by atoms with Crippen molar-refractivity contribution < 1.29 is 18.8 Å². The van der Waals surface area contributed by atoms with Gasteiger partial charge in [-0.05, 0) is 37.7 Å². The standard InChI is InChI=1S/C17H21N3O4/c1-2-19-15(22)13-9-17(11-20(13)16(19)23)4-6-18(7-5-17)14(21)12-3-8-24-10-12/h3,8,10,13H,2,4-7,9,11H2,1H3. The quantitative estimate of drug-likeness (QED) is 0.771. The summed E-state index contributed by atoms with van der Waals surface area (Å²) in [6.45, 7) is 4.21. The predicted molar refractivity (Wildman–Crippen MR) is 84.2 cm³/mol. The molecule has 0 aromatic carbocycles. The lowest BCUT2D eigenvalue weighted by molar-refractivity contribution is -0.128. The number of nitrogens with zero attached hydrogens (tertiary/aromatic N) is 3. The number of carbonyl (C=O) groups is 3. The molecule has 3 saturated heterocycles. The van der Waals surface area contributed by atoms with Crippen molar-refractivity contribution in [2.45, 2.75) is 32.2 Å². The van der Waals surface area contributed by atoms with Crippen molar-refractivity contribution in [2.75, 3.05) is 26.2 Å². The summed E-state index contributed by atoms with van der Waals surface area (Å²) in [6.07, 6.45) is 5.35. The number of carbonyl (C=O) groups excluding carboxylic acids is 3. The van der Waals surface area contributed by atoms with Crippen LogP contribution in [0.15, 0.2) is 23.0 Å². The fraction of sp³-hybridized carbons (Fsp3) is 0.588. The number of furan rings is 1. The van der Waals surface area contributed by atoms with Gasteiger partial charge in [-0.15, -0.1) is 0 Å². The zero-order chi connectivity index (χ0) is 16.9. The van der Waals surface area contributed by atoms with Crippen LogP contribution in [0.3, 0.4) is 0 Å². The van der Waals surface area contributed by atoms with Crippen molar-refractivity contribution in [2.24, 2.45) is 5.41 Å². The summed E-state index contributed by atoms with van der Waals surface area (Å²) in [7, 11) is 0. The van der Waals surface area contributed by atoms with E-state index < -0.39 is 0 Å². The summed E-state index contributed by atoms with van der Waals surface area (Å²) in [5.41, 5.74) is 0.546. The van der Waals surface area contributed by atoms with Crippen LogP contribution in [0.2, 0.25) is 0 Å². The van der Waals surface area contributed by atoms with E-state index >= 15 is 0 Å². The van der Waals surface area contributed by atoms with Gasteiger partial charge in [0, 0.05) is 26.2 Å². The number of likely N-dealkylation sites (tertiary alicyclic amines) is 1. The van der Waals surface area contributed by atoms with Gasteiger partial charge in [0.05, 0.1) is 11.8 Å². The van der Waals surface area contributed by atoms with Crippen molar-refractivity contribution in [3.05, 3.63) is 24.2 Å². The molecule has 1 atom stereocenters. The Morgan fingerprint density at radius 1 is 1.33 bits per heavy atom. The van der Waals surface area contributed by atoms with Crippen LogP contribution in [0.4, 0.5) is 4.79 Å². The third-order valence-electron chi connectivity index (χ3n) is 5.73. The molecule has 3 aliphatic rings. The smallest absolute Gasteiger partial charge is 0.327 e. The largest absolute Gasteiger partial charge is 0.472 e. The Balaban J connectivity index is 1.43. The van der Waals surface area contributed by atoms with Crippen LogP contribution in [0.5, 0.6) is 0 Å². The van der Waals surface area contributed by atoms with E-state index in [1.54, 1.807) is 11.0 Å². The number of amides is 4. The van der Waals surface area contributed by atoms with Crippen LogP contribution in [0.1, 0.15) is 36.5 Å². The Labute approximate surface area is 140 Å². The summed E-state index contributed by atoms with van der Waals surface area (Å²) in [4.78, 5) is 42.0. The minimum absolute atomic E-state index is 0.0126. The molecular formula is C17H21N3O4. The maximum atomic E-state index is 12.4. The molecule has 0 bridgehead atoms. The van der Waals surface area contributed by atoms with E-state index in [9.17, 15) is 14.4 Å². The van der Waals surface area contributed by atoms with Crippen molar-refractivity contribution in [3.63, 3.8) is 0 Å². The minimum Gasteiger partial charge on any atom is -0.472 e. The lowest BCUT2D eigenvalue weighted by atomic mass is 9.76. The number of hydrogen-bond donors (Lipinski definition) is 0. The average Bonchev–Trinajstić information content (AvgIpc) is 3.27. The van der Waals surface area contributed by atoms with E-state index in [4.69, 9.17) is 4.42 Å². The molecule has 1 aromatic rings. The molecule has 4 amide bonds. The van der Waals surface area contributed by atoms with Gasteiger partial charge in [0.15, 0.2) is 0 Å². The van der Waals surface area contributed by atoms with Crippen molar-refractivity contribution in [1.82, 2.24) is 14.7 Å². The van der Waals surface area contributed by atoms with Crippen molar-refractivity contribution in [3.8, 4) is 0 Å². The SMILES string of the molecule is CCN1C(=O)C2CC3(CCN(C(=O)c4ccoc4)CC3)CN2C1=O. The van der Waals surface area contributed by atoms with E-state index in [0.29, 0.717) is 31.7 Å². The topological polar surface area (TPSA) is 74.1 Å². The lowest BCUT2D eigenvalue weighted by Gasteiger charge is -2.39. The first-order chi connectivity index (χ1) is 11.5. The second kappa shape index (κ2) is 5.36. The zero-order valence-electron chi connectivity index (χ0n) is 13.7. The van der Waals surface area contributed by atoms with E-state index in [0.717, 1.165) is 19.3 Å². The van der Waals surface area contributed by atoms with Crippen LogP contribution in [-0.2, 0) is 4.79 Å². The number of urea groups is 1. The molecule has 1 spiro atoms. The minimum atomic E-state index is -0.298. The van der Waals surface area contributed by atoms with E-state index in [1.165, 1.54) is 17.4 Å². The summed E-state index contributed by atoms with van der Waals surface area (Å²) in [5.74, 6) is -0.0716. The zero-order valence-corrected chi connectivity index (χ0v) is 13.7. The third-order valence-corrected chi connectivity index (χ3v) is 5.73. The van der Waals surface area contributed by atoms with Crippen LogP contribution < -0.4 is 0 Å². The van der Waals surface area contributed by atoms with Crippen LogP contribution in [0, 0.1) is 5.41 Å². The van der Waals surface area contributed by atoms with Crippen LogP contribution in [-0.4, -0.2) is 64.8 Å². The monoisotopic (exact) mass is 331 g/mol. The first-order valence-corrected chi connectivity index (χ1v) is 8.48. The maximum absolute atomic E-state index is 12.4. The molecule has 24 heavy (non-hydrogen) atoms. The number of hydrogen-bond acceptors (Lipinski definition) is 4. The molecule has 0 saturated carbocycles. The highest BCUT2D eigenvalue weighted by Gasteiger charge is 2.56. The Morgan fingerprint density at radius 3 is 2.67 bits per heavy atom. The van der Waals surface area contributed by atoms with Gasteiger partial charge >= 0.3 is 6.03 Å². The number of likely N-dealkylation sites (N-methyl/N-ethyl adjacent to an activating group) is 1. The van der Waals surface area contributed by atoms with E-state index in [2.05, 4.69) is 0 Å². The molecule has 4 heterocycles. The second-order valence-corrected chi connectivity index (χ2v) is 7.02. The molecule has 3 aliphatic heterocycles. The first kappa shape index (κ1) is 15.2. The average molecular weight is 331 g/mol. The Bertz CT molecular complexity index is 650. The maximum Gasteiger partial charge on any atom is 0.327 e. The molecule has 0 aliphatic carbocycles. The summed E-state index contributed by atoms with van der Waals surface area (Å²) in [5, 5.41) is 0. The predicted octanol–water partition coefficient (Wildman–Crippen LogP) is 1.56. The molecule has 1 aromatic heterocycles. The number of imide groups is 1. The van der Waals surface area contributed by atoms with Crippen LogP contribution in [0.25, 0.3) is 0 Å². The Hall–Kier alpha value is -2.31. The first-order valence-electron chi connectivity index (χ1n) is 8.48. The molecule has 0 radical (unpaired) electrons. The molecular weight excluding hydrogens is 310 g/mol. The fourth-order valence-electron chi connectivity index (χ4n) is 4.31. The van der Waals surface area contributed by atoms with Gasteiger partial charge in [0.1, 0.15) is 12.3 Å². The van der Waals surface area contributed by atoms with Crippen molar-refractivity contribution in [1.29, 1.82) is 0 Å². The summed E-state index contributed by atoms with van der Waals surface area (Å²) < 4.78 is 4.98. The van der Waals surface area contributed by atoms with Gasteiger partial charge in [0.2, 0.25) is 0 Å². The van der Waals surface area contributed by atoms with Crippen molar-refractivity contribution >= 4 is 17.8 Å². The Morgan fingerprint density at radius 2 is 2.08 bits per heavy atom. The number of rotatable bonds is 2. The molecule has 1 unspecified atom stereocenters. The van der Waals surface area contributed by atoms with Gasteiger partial charge in [-0.2, -0.15) is 0 Å². The molecule has 128 valence electrons. The van der Waals surface area contributed by atoms with Gasteiger partial charge in [-0.1, -0.05) is 0 Å². The molecule has 7 heteroatoms. The highest BCUT2D eigenvalue weighted by molar-refractivity contribution is 6.04. The van der Waals surface area contributed by atoms with E-state index in [-0.39, 0.29) is 29.3 Å². The third kappa shape index (κ3) is 2.14. The molecule has 0 N–H and O–H groups in total.